The molecule has 0 aromatic heterocycles. The average molecular weight is 1100 g/mol. The van der Waals surface area contributed by atoms with Crippen LogP contribution in [-0.4, -0.2) is 283 Å². The van der Waals surface area contributed by atoms with Crippen LogP contribution in [0.2, 0.25) is 0 Å². The molecule has 27 heteroatoms. The van der Waals surface area contributed by atoms with E-state index in [0.717, 1.165) is 0 Å². The van der Waals surface area contributed by atoms with Crippen LogP contribution in [-0.2, 0) is 66.3 Å². The molecule has 6 saturated heterocycles. The lowest BCUT2D eigenvalue weighted by atomic mass is 9.96. The molecule has 13 N–H and O–H groups in total. The molecular formula is C48H86O27. The molecule has 0 spiro atoms. The lowest BCUT2D eigenvalue weighted by molar-refractivity contribution is -0.381. The molecule has 0 radical (unpaired) electrons. The quantitative estimate of drug-likeness (QED) is 0.0580. The van der Waals surface area contributed by atoms with Gasteiger partial charge in [0.2, 0.25) is 0 Å². The van der Waals surface area contributed by atoms with Gasteiger partial charge in [0.05, 0.1) is 80.9 Å². The Morgan fingerprint density at radius 3 is 1.04 bits per heavy atom. The summed E-state index contributed by atoms with van der Waals surface area (Å²) in [5, 5.41) is 142. The van der Waals surface area contributed by atoms with Gasteiger partial charge in [0, 0.05) is 25.7 Å². The molecule has 6 rings (SSSR count). The molecule has 6 aliphatic rings. The Kier molecular flexibility index (Phi) is 22.4. The molecule has 6 fully saturated rings. The third-order valence-corrected chi connectivity index (χ3v) is 13.3. The average Bonchev–Trinajstić information content (AvgIpc) is 3.32. The van der Waals surface area contributed by atoms with Crippen LogP contribution in [0.5, 0.6) is 0 Å². The van der Waals surface area contributed by atoms with Crippen LogP contribution < -0.4 is 0 Å². The van der Waals surface area contributed by atoms with E-state index in [1.165, 1.54) is 0 Å². The number of rotatable bonds is 19. The SMILES string of the molecule is CC(C)(C)OC1OC(CO)C(OC2OC(COC3CC(O)C(OC4CC(O)C(OC5CC(O)C(OC(C)(C)C)C(CO)O5)C(CO)O4)C(CO)O3)C(OC3CC(O)C(OC(C)(C)C)C(CO)O3)C(O)C2O)C(O)C1O. The van der Waals surface area contributed by atoms with Crippen molar-refractivity contribution in [3.8, 4) is 0 Å². The zero-order valence-electron chi connectivity index (χ0n) is 44.1. The van der Waals surface area contributed by atoms with Crippen molar-refractivity contribution in [2.24, 2.45) is 0 Å². The minimum absolute atomic E-state index is 0.0914. The van der Waals surface area contributed by atoms with Gasteiger partial charge >= 0.3 is 0 Å². The number of aliphatic hydroxyl groups is 13. The Morgan fingerprint density at radius 2 is 0.640 bits per heavy atom. The second-order valence-corrected chi connectivity index (χ2v) is 22.9. The molecule has 0 amide bonds. The van der Waals surface area contributed by atoms with Crippen LogP contribution in [0.3, 0.4) is 0 Å². The van der Waals surface area contributed by atoms with Crippen LogP contribution in [0, 0.1) is 0 Å². The summed E-state index contributed by atoms with van der Waals surface area (Å²) < 4.78 is 83.6. The van der Waals surface area contributed by atoms with Gasteiger partial charge in [-0.1, -0.05) is 0 Å². The zero-order valence-corrected chi connectivity index (χ0v) is 44.1. The standard InChI is InChI=1S/C48H86O27/c1-46(2,3)73-40-22(56)12-32(65-26(40)16-51)70-39-21(55)11-31(64-25(39)15-50)69-38-20(54)10-30(63-24(38)14-49)62-19-29-43(71-33-13-23(57)41(27(17-52)66-33)74-47(4,5)6)34(58)36(60)44(68-29)72-42-28(18-53)67-45(37(61)35(42)59)75-48(7,8)9/h20-45,49-61H,10-19H2,1-9H3. The monoisotopic (exact) mass is 1090 g/mol. The zero-order chi connectivity index (χ0) is 55.5. The highest BCUT2D eigenvalue weighted by Gasteiger charge is 2.54. The highest BCUT2D eigenvalue weighted by molar-refractivity contribution is 4.97. The lowest BCUT2D eigenvalue weighted by Gasteiger charge is -2.48. The van der Waals surface area contributed by atoms with Crippen molar-refractivity contribution >= 4 is 0 Å². The van der Waals surface area contributed by atoms with Gasteiger partial charge in [-0.2, -0.15) is 0 Å². The molecule has 0 aliphatic carbocycles. The molecule has 0 bridgehead atoms. The number of aliphatic hydroxyl groups excluding tert-OH is 13. The van der Waals surface area contributed by atoms with Gasteiger partial charge < -0.3 is 133 Å². The summed E-state index contributed by atoms with van der Waals surface area (Å²) in [6, 6.07) is 0. The molecule has 6 heterocycles. The van der Waals surface area contributed by atoms with Crippen LogP contribution >= 0.6 is 0 Å². The highest BCUT2D eigenvalue weighted by atomic mass is 16.8. The van der Waals surface area contributed by atoms with Crippen LogP contribution in [0.4, 0.5) is 0 Å². The van der Waals surface area contributed by atoms with Gasteiger partial charge in [-0.15, -0.1) is 0 Å². The number of hydrogen-bond acceptors (Lipinski definition) is 27. The van der Waals surface area contributed by atoms with E-state index >= 15 is 0 Å². The van der Waals surface area contributed by atoms with Gasteiger partial charge in [0.25, 0.3) is 0 Å². The molecule has 26 unspecified atom stereocenters. The minimum Gasteiger partial charge on any atom is -0.394 e. The Hall–Kier alpha value is -1.08. The largest absolute Gasteiger partial charge is 0.394 e. The molecule has 26 atom stereocenters. The fraction of sp³-hybridized carbons (Fsp3) is 1.00. The van der Waals surface area contributed by atoms with Gasteiger partial charge in [-0.25, -0.2) is 0 Å². The van der Waals surface area contributed by atoms with Crippen molar-refractivity contribution in [1.29, 1.82) is 0 Å². The first-order valence-electron chi connectivity index (χ1n) is 25.8. The summed E-state index contributed by atoms with van der Waals surface area (Å²) in [4.78, 5) is 0. The maximum absolute atomic E-state index is 11.7. The van der Waals surface area contributed by atoms with E-state index in [9.17, 15) is 66.4 Å². The van der Waals surface area contributed by atoms with Crippen molar-refractivity contribution in [1.82, 2.24) is 0 Å². The maximum atomic E-state index is 11.7. The molecule has 0 saturated carbocycles. The summed E-state index contributed by atoms with van der Waals surface area (Å²) in [5.74, 6) is 0. The first kappa shape index (κ1) is 63.1. The van der Waals surface area contributed by atoms with Crippen molar-refractivity contribution in [3.05, 3.63) is 0 Å². The summed E-state index contributed by atoms with van der Waals surface area (Å²) in [5.41, 5.74) is -2.25. The maximum Gasteiger partial charge on any atom is 0.187 e. The molecule has 27 nitrogen and oxygen atoms in total. The minimum atomic E-state index is -1.96. The Bertz CT molecular complexity index is 1700. The molecule has 0 aromatic rings. The van der Waals surface area contributed by atoms with Crippen molar-refractivity contribution < 1.29 is 133 Å². The second kappa shape index (κ2) is 26.7. The fourth-order valence-electron chi connectivity index (χ4n) is 9.94. The van der Waals surface area contributed by atoms with Gasteiger partial charge in [-0.05, 0) is 62.3 Å². The van der Waals surface area contributed by atoms with Crippen molar-refractivity contribution in [3.63, 3.8) is 0 Å². The van der Waals surface area contributed by atoms with Crippen molar-refractivity contribution in [2.75, 3.05) is 39.6 Å². The number of ether oxygens (including phenoxy) is 14. The fourth-order valence-corrected chi connectivity index (χ4v) is 9.94. The Labute approximate surface area is 436 Å². The first-order chi connectivity index (χ1) is 35.1. The van der Waals surface area contributed by atoms with Gasteiger partial charge in [-0.3, -0.25) is 0 Å². The van der Waals surface area contributed by atoms with E-state index in [1.807, 2.05) is 0 Å². The first-order valence-corrected chi connectivity index (χ1v) is 25.8. The van der Waals surface area contributed by atoms with E-state index < -0.39 is 216 Å². The Morgan fingerprint density at radius 1 is 0.333 bits per heavy atom. The molecule has 0 aromatic carbocycles. The van der Waals surface area contributed by atoms with Crippen molar-refractivity contribution in [2.45, 2.75) is 265 Å². The summed E-state index contributed by atoms with van der Waals surface area (Å²) in [6.45, 7) is 11.9. The normalized spacial score (nSPS) is 45.7. The molecule has 440 valence electrons. The highest BCUT2D eigenvalue weighted by Crippen LogP contribution is 2.37. The summed E-state index contributed by atoms with van der Waals surface area (Å²) >= 11 is 0. The third-order valence-electron chi connectivity index (χ3n) is 13.3. The summed E-state index contributed by atoms with van der Waals surface area (Å²) in [6.07, 6.45) is -36.5. The third kappa shape index (κ3) is 16.5. The van der Waals surface area contributed by atoms with Crippen LogP contribution in [0.25, 0.3) is 0 Å². The lowest BCUT2D eigenvalue weighted by Crippen LogP contribution is -2.66. The van der Waals surface area contributed by atoms with E-state index in [4.69, 9.17) is 66.3 Å². The van der Waals surface area contributed by atoms with Crippen LogP contribution in [0.15, 0.2) is 0 Å². The van der Waals surface area contributed by atoms with E-state index in [2.05, 4.69) is 0 Å². The van der Waals surface area contributed by atoms with Crippen LogP contribution in [0.1, 0.15) is 88.0 Å². The van der Waals surface area contributed by atoms with Gasteiger partial charge in [0.15, 0.2) is 37.7 Å². The molecule has 75 heavy (non-hydrogen) atoms. The molecular weight excluding hydrogens is 1010 g/mol. The van der Waals surface area contributed by atoms with E-state index in [-0.39, 0.29) is 25.7 Å². The predicted molar refractivity (Wildman–Crippen MR) is 249 cm³/mol. The smallest absolute Gasteiger partial charge is 0.187 e. The van der Waals surface area contributed by atoms with E-state index in [0.29, 0.717) is 0 Å². The Balaban J connectivity index is 1.12. The summed E-state index contributed by atoms with van der Waals surface area (Å²) in [7, 11) is 0. The second-order valence-electron chi connectivity index (χ2n) is 22.9. The van der Waals surface area contributed by atoms with E-state index in [1.54, 1.807) is 62.3 Å². The predicted octanol–water partition coefficient (Wildman–Crippen LogP) is -4.52. The topological polar surface area (TPSA) is 392 Å². The van der Waals surface area contributed by atoms with Gasteiger partial charge in [0.1, 0.15) is 97.7 Å². The molecule has 6 aliphatic heterocycles. The number of hydrogen-bond donors (Lipinski definition) is 13.